The minimum Gasteiger partial charge on any atom is -0.491 e. The fourth-order valence-corrected chi connectivity index (χ4v) is 4.18. The van der Waals surface area contributed by atoms with Crippen LogP contribution >= 0.6 is 0 Å². The van der Waals surface area contributed by atoms with Gasteiger partial charge in [0, 0.05) is 55.8 Å². The number of rotatable bonds is 4. The van der Waals surface area contributed by atoms with Crippen LogP contribution in [0.4, 0.5) is 15.8 Å². The van der Waals surface area contributed by atoms with Gasteiger partial charge in [0.05, 0.1) is 23.9 Å². The maximum Gasteiger partial charge on any atom is 0.257 e. The van der Waals surface area contributed by atoms with Crippen molar-refractivity contribution in [3.63, 3.8) is 0 Å². The Morgan fingerprint density at radius 3 is 2.81 bits per heavy atom. The highest BCUT2D eigenvalue weighted by atomic mass is 19.1. The van der Waals surface area contributed by atoms with Gasteiger partial charge < -0.3 is 29.7 Å². The molecule has 0 radical (unpaired) electrons. The summed E-state index contributed by atoms with van der Waals surface area (Å²) in [6.07, 6.45) is 5.13. The van der Waals surface area contributed by atoms with Crippen LogP contribution in [0.15, 0.2) is 36.8 Å². The second-order valence-corrected chi connectivity index (χ2v) is 7.59. The highest BCUT2D eigenvalue weighted by molar-refractivity contribution is 6.14. The van der Waals surface area contributed by atoms with Crippen molar-refractivity contribution in [2.45, 2.75) is 6.92 Å². The molecule has 1 aromatic carbocycles. The number of aromatic amines is 1. The van der Waals surface area contributed by atoms with Gasteiger partial charge in [-0.1, -0.05) is 0 Å². The number of hydrogen-bond acceptors (Lipinski definition) is 5. The summed E-state index contributed by atoms with van der Waals surface area (Å²) in [5.41, 5.74) is 3.37. The normalized spacial score (nSPS) is 14.4. The van der Waals surface area contributed by atoms with Crippen LogP contribution in [0.1, 0.15) is 16.1 Å². The number of benzene rings is 1. The number of aromatic nitrogens is 3. The van der Waals surface area contributed by atoms with Crippen molar-refractivity contribution >= 4 is 33.8 Å². The third-order valence-corrected chi connectivity index (χ3v) is 5.62. The molecular formula is C22H23FN6O2. The molecule has 160 valence electrons. The Morgan fingerprint density at radius 1 is 1.23 bits per heavy atom. The first-order valence-corrected chi connectivity index (χ1v) is 10.2. The fraction of sp³-hybridized carbons (Fsp3) is 0.273. The minimum atomic E-state index is -0.618. The second kappa shape index (κ2) is 7.59. The van der Waals surface area contributed by atoms with E-state index in [1.807, 2.05) is 18.3 Å². The maximum absolute atomic E-state index is 14.9. The Hall–Kier alpha value is -3.59. The Bertz CT molecular complexity index is 1290. The van der Waals surface area contributed by atoms with Gasteiger partial charge in [-0.15, -0.1) is 0 Å². The molecule has 1 aliphatic heterocycles. The number of aryl methyl sites for hydroxylation is 1. The zero-order valence-electron chi connectivity index (χ0n) is 17.3. The zero-order chi connectivity index (χ0) is 21.5. The largest absolute Gasteiger partial charge is 0.491 e. The summed E-state index contributed by atoms with van der Waals surface area (Å²) >= 11 is 0. The molecule has 0 atom stereocenters. The van der Waals surface area contributed by atoms with Crippen LogP contribution in [0.5, 0.6) is 5.75 Å². The van der Waals surface area contributed by atoms with Gasteiger partial charge in [-0.3, -0.25) is 4.79 Å². The van der Waals surface area contributed by atoms with Crippen LogP contribution in [0.25, 0.3) is 16.6 Å². The third-order valence-electron chi connectivity index (χ3n) is 5.62. The number of halogens is 1. The molecule has 3 aromatic heterocycles. The molecule has 4 heterocycles. The molecule has 8 nitrogen and oxygen atoms in total. The second-order valence-electron chi connectivity index (χ2n) is 7.59. The summed E-state index contributed by atoms with van der Waals surface area (Å²) in [4.78, 5) is 22.8. The van der Waals surface area contributed by atoms with Crippen molar-refractivity contribution in [1.82, 2.24) is 19.7 Å². The number of fused-ring (bicyclic) bond motifs is 2. The summed E-state index contributed by atoms with van der Waals surface area (Å²) in [5, 5.41) is 7.13. The smallest absolute Gasteiger partial charge is 0.257 e. The molecule has 1 fully saturated rings. The van der Waals surface area contributed by atoms with E-state index in [0.29, 0.717) is 11.3 Å². The van der Waals surface area contributed by atoms with Gasteiger partial charge in [-0.2, -0.15) is 4.39 Å². The van der Waals surface area contributed by atoms with E-state index < -0.39 is 5.82 Å². The molecule has 1 amide bonds. The van der Waals surface area contributed by atoms with Crippen molar-refractivity contribution in [1.29, 1.82) is 0 Å². The fourth-order valence-electron chi connectivity index (χ4n) is 4.18. The number of H-pyrrole nitrogens is 1. The highest BCUT2D eigenvalue weighted by Gasteiger charge is 2.22. The number of imidazole rings is 1. The molecule has 0 aliphatic carbocycles. The molecule has 4 aromatic rings. The lowest BCUT2D eigenvalue weighted by Gasteiger charge is -2.30. The van der Waals surface area contributed by atoms with Crippen molar-refractivity contribution in [2.75, 3.05) is 43.5 Å². The molecular weight excluding hydrogens is 399 g/mol. The van der Waals surface area contributed by atoms with E-state index in [4.69, 9.17) is 4.74 Å². The number of nitrogens with zero attached hydrogens (tertiary/aromatic N) is 3. The van der Waals surface area contributed by atoms with E-state index in [9.17, 15) is 9.18 Å². The van der Waals surface area contributed by atoms with E-state index in [1.165, 1.54) is 7.11 Å². The number of carbonyl (C=O) groups excluding carboxylic acids is 1. The molecule has 0 unspecified atom stereocenters. The minimum absolute atomic E-state index is 0.0494. The Balaban J connectivity index is 1.52. The van der Waals surface area contributed by atoms with E-state index in [2.05, 4.69) is 25.5 Å². The number of anilines is 2. The quantitative estimate of drug-likeness (QED) is 0.471. The molecule has 0 saturated carbocycles. The summed E-state index contributed by atoms with van der Waals surface area (Å²) in [6, 6.07) is 5.75. The van der Waals surface area contributed by atoms with E-state index in [-0.39, 0.29) is 23.0 Å². The monoisotopic (exact) mass is 422 g/mol. The first-order valence-electron chi connectivity index (χ1n) is 10.2. The number of carbonyl (C=O) groups is 1. The summed E-state index contributed by atoms with van der Waals surface area (Å²) in [6.45, 7) is 5.45. The summed E-state index contributed by atoms with van der Waals surface area (Å²) in [5.74, 6) is -1.02. The number of nitrogens with one attached hydrogen (secondary N) is 3. The average Bonchev–Trinajstić information content (AvgIpc) is 3.40. The number of pyridine rings is 1. The van der Waals surface area contributed by atoms with Crippen molar-refractivity contribution < 1.29 is 13.9 Å². The first kappa shape index (κ1) is 19.4. The van der Waals surface area contributed by atoms with Crippen molar-refractivity contribution in [2.24, 2.45) is 0 Å². The topological polar surface area (TPSA) is 86.7 Å². The first-order chi connectivity index (χ1) is 15.1. The van der Waals surface area contributed by atoms with Crippen LogP contribution in [0.2, 0.25) is 0 Å². The van der Waals surface area contributed by atoms with Gasteiger partial charge in [0.25, 0.3) is 5.91 Å². The standard InChI is InChI=1S/C22H23FN6O2/c1-13-11-29-12-16(20(31-2)18(23)21(29)26-13)27-22(30)15-3-4-17(14-5-6-25-19(14)15)28-9-7-24-8-10-28/h3-6,11-12,24-25H,7-10H2,1-2H3,(H,27,30). The summed E-state index contributed by atoms with van der Waals surface area (Å²) < 4.78 is 21.7. The predicted octanol–water partition coefficient (Wildman–Crippen LogP) is 2.93. The number of ether oxygens (including phenoxy) is 1. The zero-order valence-corrected chi connectivity index (χ0v) is 17.3. The van der Waals surface area contributed by atoms with E-state index >= 15 is 0 Å². The van der Waals surface area contributed by atoms with Crippen LogP contribution in [-0.4, -0.2) is 53.6 Å². The SMILES string of the molecule is COc1c(NC(=O)c2ccc(N3CCNCC3)c3cc[nH]c23)cn2cc(C)nc2c1F. The Labute approximate surface area is 178 Å². The van der Waals surface area contributed by atoms with Crippen molar-refractivity contribution in [3.8, 4) is 5.75 Å². The predicted molar refractivity (Wildman–Crippen MR) is 118 cm³/mol. The maximum atomic E-state index is 14.9. The molecule has 5 rings (SSSR count). The molecule has 0 bridgehead atoms. The molecule has 9 heteroatoms. The number of methoxy groups -OCH3 is 1. The molecule has 31 heavy (non-hydrogen) atoms. The molecule has 1 saturated heterocycles. The lowest BCUT2D eigenvalue weighted by Crippen LogP contribution is -2.43. The number of hydrogen-bond donors (Lipinski definition) is 3. The molecule has 1 aliphatic rings. The average molecular weight is 422 g/mol. The molecule has 0 spiro atoms. The van der Waals surface area contributed by atoms with E-state index in [0.717, 1.165) is 42.8 Å². The Kier molecular flexibility index (Phi) is 4.74. The van der Waals surface area contributed by atoms with Crippen LogP contribution in [0.3, 0.4) is 0 Å². The number of amides is 1. The third kappa shape index (κ3) is 3.27. The summed E-state index contributed by atoms with van der Waals surface area (Å²) in [7, 11) is 1.37. The Morgan fingerprint density at radius 2 is 2.03 bits per heavy atom. The van der Waals surface area contributed by atoms with Gasteiger partial charge in [-0.05, 0) is 25.1 Å². The van der Waals surface area contributed by atoms with E-state index in [1.54, 1.807) is 29.8 Å². The molecule has 3 N–H and O–H groups in total. The van der Waals surface area contributed by atoms with Gasteiger partial charge in [-0.25, -0.2) is 4.98 Å². The number of piperazine rings is 1. The van der Waals surface area contributed by atoms with Crippen LogP contribution < -0.4 is 20.3 Å². The van der Waals surface area contributed by atoms with Gasteiger partial charge in [0.15, 0.2) is 11.4 Å². The van der Waals surface area contributed by atoms with Crippen molar-refractivity contribution in [3.05, 3.63) is 53.9 Å². The lowest BCUT2D eigenvalue weighted by atomic mass is 10.1. The van der Waals surface area contributed by atoms with Crippen LogP contribution in [0, 0.1) is 12.7 Å². The van der Waals surface area contributed by atoms with Gasteiger partial charge >= 0.3 is 0 Å². The van der Waals surface area contributed by atoms with Crippen LogP contribution in [-0.2, 0) is 0 Å². The van der Waals surface area contributed by atoms with Gasteiger partial charge in [0.2, 0.25) is 5.82 Å². The lowest BCUT2D eigenvalue weighted by molar-refractivity contribution is 0.102. The van der Waals surface area contributed by atoms with Gasteiger partial charge in [0.1, 0.15) is 5.69 Å². The highest BCUT2D eigenvalue weighted by Crippen LogP contribution is 2.33.